The molecule has 0 aliphatic rings. The highest BCUT2D eigenvalue weighted by Crippen LogP contribution is 2.35. The Morgan fingerprint density at radius 3 is 2.21 bits per heavy atom. The van der Waals surface area contributed by atoms with Crippen LogP contribution in [0.5, 0.6) is 0 Å². The quantitative estimate of drug-likeness (QED) is 0.387. The van der Waals surface area contributed by atoms with E-state index >= 15 is 0 Å². The zero-order chi connectivity index (χ0) is 20.1. The van der Waals surface area contributed by atoms with Crippen molar-refractivity contribution in [2.75, 3.05) is 0 Å². The second-order valence-electron chi connectivity index (χ2n) is 9.57. The van der Waals surface area contributed by atoms with Crippen LogP contribution in [0, 0.1) is 0 Å². The van der Waals surface area contributed by atoms with Crippen molar-refractivity contribution in [2.45, 2.75) is 52.4 Å². The van der Waals surface area contributed by atoms with Gasteiger partial charge in [0.25, 0.3) is 0 Å². The predicted molar refractivity (Wildman–Crippen MR) is 118 cm³/mol. The molecule has 3 nitrogen and oxygen atoms in total. The average Bonchev–Trinajstić information content (AvgIpc) is 2.64. The number of fused-ring (bicyclic) bond motifs is 2. The molecule has 0 atom stereocenters. The summed E-state index contributed by atoms with van der Waals surface area (Å²) in [4.78, 5) is 4.98. The Balaban J connectivity index is 1.99. The van der Waals surface area contributed by atoms with E-state index in [2.05, 4.69) is 100 Å². The monoisotopic (exact) mass is 369 g/mol. The Morgan fingerprint density at radius 2 is 1.50 bits per heavy atom. The number of pyridine rings is 1. The first kappa shape index (κ1) is 18.5. The summed E-state index contributed by atoms with van der Waals surface area (Å²) in [5.74, 6) is 0. The van der Waals surface area contributed by atoms with Crippen LogP contribution in [0.2, 0.25) is 0 Å². The fourth-order valence-corrected chi connectivity index (χ4v) is 3.73. The molecule has 0 bridgehead atoms. The van der Waals surface area contributed by atoms with Crippen LogP contribution in [0.4, 0.5) is 0 Å². The highest BCUT2D eigenvalue weighted by atomic mass is 15.1. The molecule has 0 radical (unpaired) electrons. The maximum Gasteiger partial charge on any atom is 0.0762 e. The summed E-state index contributed by atoms with van der Waals surface area (Å²) in [5.41, 5.74) is 5.45. The summed E-state index contributed by atoms with van der Waals surface area (Å²) in [7, 11) is 0. The molecule has 4 aromatic rings. The summed E-state index contributed by atoms with van der Waals surface area (Å²) < 4.78 is 0. The van der Waals surface area contributed by atoms with Crippen LogP contribution in [0.1, 0.15) is 52.8 Å². The van der Waals surface area contributed by atoms with E-state index in [0.29, 0.717) is 0 Å². The van der Waals surface area contributed by atoms with Crippen molar-refractivity contribution in [1.82, 2.24) is 15.2 Å². The first-order valence-corrected chi connectivity index (χ1v) is 9.81. The smallest absolute Gasteiger partial charge is 0.0762 e. The van der Waals surface area contributed by atoms with Crippen LogP contribution < -0.4 is 0 Å². The van der Waals surface area contributed by atoms with Gasteiger partial charge in [0, 0.05) is 27.1 Å². The highest BCUT2D eigenvalue weighted by molar-refractivity contribution is 5.91. The molecule has 0 aliphatic carbocycles. The molecule has 0 aliphatic heterocycles. The summed E-state index contributed by atoms with van der Waals surface area (Å²) in [6, 6.07) is 17.1. The minimum absolute atomic E-state index is 0.0379. The molecule has 2 aromatic heterocycles. The second-order valence-corrected chi connectivity index (χ2v) is 9.57. The maximum absolute atomic E-state index is 4.98. The number of aromatic nitrogens is 3. The van der Waals surface area contributed by atoms with Gasteiger partial charge in [0.05, 0.1) is 23.1 Å². The van der Waals surface area contributed by atoms with Crippen LogP contribution in [0.15, 0.2) is 54.7 Å². The Kier molecular flexibility index (Phi) is 4.22. The molecule has 0 N–H and O–H groups in total. The Hall–Kier alpha value is -2.81. The molecule has 0 amide bonds. The van der Waals surface area contributed by atoms with Gasteiger partial charge in [0.2, 0.25) is 0 Å². The second kappa shape index (κ2) is 6.37. The minimum Gasteiger partial charge on any atom is -0.248 e. The fraction of sp³-hybridized carbons (Fsp3) is 0.320. The summed E-state index contributed by atoms with van der Waals surface area (Å²) in [6.07, 6.45) is 1.84. The lowest BCUT2D eigenvalue weighted by atomic mass is 9.83. The molecule has 28 heavy (non-hydrogen) atoms. The van der Waals surface area contributed by atoms with Crippen molar-refractivity contribution in [3.63, 3.8) is 0 Å². The van der Waals surface area contributed by atoms with Gasteiger partial charge in [-0.05, 0) is 29.2 Å². The van der Waals surface area contributed by atoms with Gasteiger partial charge >= 0.3 is 0 Å². The number of hydrogen-bond donors (Lipinski definition) is 0. The number of para-hydroxylation sites is 1. The van der Waals surface area contributed by atoms with E-state index in [4.69, 9.17) is 4.98 Å². The zero-order valence-electron chi connectivity index (χ0n) is 17.5. The first-order chi connectivity index (χ1) is 13.1. The molecule has 2 heterocycles. The maximum atomic E-state index is 4.98. The van der Waals surface area contributed by atoms with E-state index in [0.717, 1.165) is 33.2 Å². The van der Waals surface area contributed by atoms with Crippen LogP contribution in [0.25, 0.3) is 32.9 Å². The third-order valence-electron chi connectivity index (χ3n) is 5.19. The van der Waals surface area contributed by atoms with E-state index in [1.165, 1.54) is 10.9 Å². The van der Waals surface area contributed by atoms with Crippen LogP contribution >= 0.6 is 0 Å². The molecular weight excluding hydrogens is 342 g/mol. The van der Waals surface area contributed by atoms with Crippen molar-refractivity contribution >= 4 is 21.7 Å². The number of nitrogens with zero attached hydrogens (tertiary/aromatic N) is 3. The van der Waals surface area contributed by atoms with Gasteiger partial charge in [-0.15, -0.1) is 0 Å². The van der Waals surface area contributed by atoms with Crippen molar-refractivity contribution in [1.29, 1.82) is 0 Å². The van der Waals surface area contributed by atoms with Crippen LogP contribution in [0.3, 0.4) is 0 Å². The summed E-state index contributed by atoms with van der Waals surface area (Å²) in [6.45, 7) is 13.3. The Morgan fingerprint density at radius 1 is 0.750 bits per heavy atom. The van der Waals surface area contributed by atoms with E-state index in [-0.39, 0.29) is 10.8 Å². The van der Waals surface area contributed by atoms with Crippen LogP contribution in [-0.4, -0.2) is 15.2 Å². The van der Waals surface area contributed by atoms with Gasteiger partial charge < -0.3 is 0 Å². The van der Waals surface area contributed by atoms with Crippen molar-refractivity contribution in [3.05, 3.63) is 66.0 Å². The summed E-state index contributed by atoms with van der Waals surface area (Å²) in [5, 5.41) is 12.1. The molecule has 0 saturated heterocycles. The first-order valence-electron chi connectivity index (χ1n) is 9.81. The normalized spacial score (nSPS) is 12.6. The molecular formula is C25H27N3. The lowest BCUT2D eigenvalue weighted by Crippen LogP contribution is -2.15. The van der Waals surface area contributed by atoms with Gasteiger partial charge in [-0.3, -0.25) is 0 Å². The van der Waals surface area contributed by atoms with Gasteiger partial charge in [-0.25, -0.2) is 4.98 Å². The van der Waals surface area contributed by atoms with E-state index in [9.17, 15) is 0 Å². The van der Waals surface area contributed by atoms with Crippen molar-refractivity contribution < 1.29 is 0 Å². The lowest BCUT2D eigenvalue weighted by molar-refractivity contribution is 0.566. The van der Waals surface area contributed by atoms with Gasteiger partial charge in [0.15, 0.2) is 0 Å². The van der Waals surface area contributed by atoms with Crippen molar-refractivity contribution in [3.8, 4) is 11.3 Å². The average molecular weight is 370 g/mol. The molecule has 0 spiro atoms. The molecule has 2 aromatic carbocycles. The Labute approximate surface area is 166 Å². The molecule has 0 saturated carbocycles. The standard InChI is InChI=1S/C25H27N3/c1-24(2,3)20-14-22(27-21-10-8-7-9-18(20)21)16-11-12-17-15-26-28-23(19(17)13-16)25(4,5)6/h7-15H,1-6H3. The molecule has 0 fully saturated rings. The predicted octanol–water partition coefficient (Wildman–Crippen LogP) is 6.44. The number of rotatable bonds is 1. The molecule has 142 valence electrons. The largest absolute Gasteiger partial charge is 0.248 e. The summed E-state index contributed by atoms with van der Waals surface area (Å²) >= 11 is 0. The molecule has 4 rings (SSSR count). The lowest BCUT2D eigenvalue weighted by Gasteiger charge is -2.22. The van der Waals surface area contributed by atoms with Gasteiger partial charge in [-0.2, -0.15) is 10.2 Å². The van der Waals surface area contributed by atoms with Crippen molar-refractivity contribution in [2.24, 2.45) is 0 Å². The van der Waals surface area contributed by atoms with E-state index in [1.807, 2.05) is 6.20 Å². The topological polar surface area (TPSA) is 38.7 Å². The third-order valence-corrected chi connectivity index (χ3v) is 5.19. The van der Waals surface area contributed by atoms with E-state index < -0.39 is 0 Å². The Bertz CT molecular complexity index is 1180. The van der Waals surface area contributed by atoms with Gasteiger partial charge in [-0.1, -0.05) is 71.9 Å². The van der Waals surface area contributed by atoms with Gasteiger partial charge in [0.1, 0.15) is 0 Å². The third kappa shape index (κ3) is 3.26. The zero-order valence-corrected chi connectivity index (χ0v) is 17.5. The SMILES string of the molecule is CC(C)(C)c1nncc2ccc(-c3cc(C(C)(C)C)c4ccccc4n3)cc12. The highest BCUT2D eigenvalue weighted by Gasteiger charge is 2.21. The number of hydrogen-bond acceptors (Lipinski definition) is 3. The van der Waals surface area contributed by atoms with Crippen LogP contribution in [-0.2, 0) is 10.8 Å². The molecule has 0 unspecified atom stereocenters. The molecule has 3 heteroatoms. The number of benzene rings is 2. The van der Waals surface area contributed by atoms with E-state index in [1.54, 1.807) is 0 Å². The minimum atomic E-state index is -0.0709. The fourth-order valence-electron chi connectivity index (χ4n) is 3.73.